The van der Waals surface area contributed by atoms with E-state index in [4.69, 9.17) is 0 Å². The van der Waals surface area contributed by atoms with Crippen molar-refractivity contribution in [3.05, 3.63) is 12.1 Å². The van der Waals surface area contributed by atoms with Gasteiger partial charge in [0.05, 0.1) is 6.67 Å². The summed E-state index contributed by atoms with van der Waals surface area (Å²) in [5.41, 5.74) is 0.618. The van der Waals surface area contributed by atoms with Crippen molar-refractivity contribution in [3.63, 3.8) is 0 Å². The Hall–Kier alpha value is -1.79. The van der Waals surface area contributed by atoms with Crippen LogP contribution in [-0.2, 0) is 0 Å². The van der Waals surface area contributed by atoms with Gasteiger partial charge in [-0.3, -0.25) is 4.39 Å². The molecule has 2 aromatic heterocycles. The van der Waals surface area contributed by atoms with Crippen LogP contribution in [0.15, 0.2) is 12.1 Å². The topological polar surface area (TPSA) is 59.2 Å². The van der Waals surface area contributed by atoms with Gasteiger partial charge in [-0.15, -0.1) is 14.8 Å². The first-order chi connectivity index (χ1) is 8.36. The minimum Gasteiger partial charge on any atom is -0.355 e. The van der Waals surface area contributed by atoms with Crippen LogP contribution < -0.4 is 4.90 Å². The molecular formula is C10H13FN6. The van der Waals surface area contributed by atoms with Crippen molar-refractivity contribution in [1.29, 1.82) is 0 Å². The fraction of sp³-hybridized carbons (Fsp3) is 0.600. The monoisotopic (exact) mass is 236 g/mol. The van der Waals surface area contributed by atoms with E-state index in [0.29, 0.717) is 5.65 Å². The van der Waals surface area contributed by atoms with Gasteiger partial charge in [0.1, 0.15) is 0 Å². The van der Waals surface area contributed by atoms with Gasteiger partial charge >= 0.3 is 0 Å². The number of tetrazole rings is 1. The lowest BCUT2D eigenvalue weighted by Gasteiger charge is -2.31. The summed E-state index contributed by atoms with van der Waals surface area (Å²) in [7, 11) is 0. The number of aromatic nitrogens is 5. The predicted octanol–water partition coefficient (Wildman–Crippen LogP) is 0.705. The van der Waals surface area contributed by atoms with Crippen molar-refractivity contribution >= 4 is 11.5 Å². The fourth-order valence-electron chi connectivity index (χ4n) is 2.21. The van der Waals surface area contributed by atoms with E-state index in [1.807, 2.05) is 12.1 Å². The van der Waals surface area contributed by atoms with E-state index >= 15 is 0 Å². The minimum atomic E-state index is -0.260. The molecule has 6 nitrogen and oxygen atoms in total. The quantitative estimate of drug-likeness (QED) is 0.768. The summed E-state index contributed by atoms with van der Waals surface area (Å²) in [5, 5.41) is 15.4. The molecule has 0 N–H and O–H groups in total. The third-order valence-corrected chi connectivity index (χ3v) is 3.12. The molecule has 3 heterocycles. The normalized spacial score (nSPS) is 21.0. The molecule has 0 bridgehead atoms. The van der Waals surface area contributed by atoms with E-state index in [2.05, 4.69) is 25.5 Å². The molecule has 0 amide bonds. The van der Waals surface area contributed by atoms with Gasteiger partial charge in [-0.2, -0.15) is 0 Å². The van der Waals surface area contributed by atoms with Gasteiger partial charge in [0.15, 0.2) is 11.5 Å². The zero-order valence-electron chi connectivity index (χ0n) is 9.33. The average molecular weight is 236 g/mol. The zero-order valence-corrected chi connectivity index (χ0v) is 9.33. The number of hydrogen-bond donors (Lipinski definition) is 0. The molecule has 2 aromatic rings. The van der Waals surface area contributed by atoms with Gasteiger partial charge in [-0.25, -0.2) is 0 Å². The van der Waals surface area contributed by atoms with Crippen LogP contribution in [0.1, 0.15) is 12.8 Å². The standard InChI is InChI=1S/C10H13FN6/c11-6-8-2-1-5-16(7-8)10-4-3-9-12-14-15-17(9)13-10/h3-4,8H,1-2,5-7H2. The number of halogens is 1. The molecule has 1 atom stereocenters. The third-order valence-electron chi connectivity index (χ3n) is 3.12. The molecule has 1 fully saturated rings. The molecular weight excluding hydrogens is 223 g/mol. The molecule has 1 aliphatic heterocycles. The maximum absolute atomic E-state index is 12.7. The largest absolute Gasteiger partial charge is 0.355 e. The van der Waals surface area contributed by atoms with Crippen LogP contribution in [0.5, 0.6) is 0 Å². The van der Waals surface area contributed by atoms with Crippen LogP contribution in [0.4, 0.5) is 10.2 Å². The van der Waals surface area contributed by atoms with Crippen LogP contribution in [0, 0.1) is 5.92 Å². The first-order valence-electron chi connectivity index (χ1n) is 5.73. The van der Waals surface area contributed by atoms with Gasteiger partial charge in [0, 0.05) is 19.0 Å². The second kappa shape index (κ2) is 4.23. The molecule has 7 heteroatoms. The third kappa shape index (κ3) is 1.92. The Kier molecular flexibility index (Phi) is 2.58. The zero-order chi connectivity index (χ0) is 11.7. The smallest absolute Gasteiger partial charge is 0.200 e. The Labute approximate surface area is 97.4 Å². The van der Waals surface area contributed by atoms with Crippen LogP contribution in [0.25, 0.3) is 5.65 Å². The van der Waals surface area contributed by atoms with Crippen LogP contribution in [0.2, 0.25) is 0 Å². The highest BCUT2D eigenvalue weighted by atomic mass is 19.1. The maximum atomic E-state index is 12.7. The van der Waals surface area contributed by atoms with Crippen molar-refractivity contribution in [1.82, 2.24) is 25.3 Å². The molecule has 3 rings (SSSR count). The molecule has 0 aliphatic carbocycles. The second-order valence-corrected chi connectivity index (χ2v) is 4.33. The lowest BCUT2D eigenvalue weighted by atomic mass is 10.00. The molecule has 0 radical (unpaired) electrons. The summed E-state index contributed by atoms with van der Waals surface area (Å²) in [6, 6.07) is 3.70. The number of rotatable bonds is 2. The Morgan fingerprint density at radius 1 is 1.41 bits per heavy atom. The summed E-state index contributed by atoms with van der Waals surface area (Å²) < 4.78 is 14.1. The number of nitrogens with zero attached hydrogens (tertiary/aromatic N) is 6. The molecule has 1 saturated heterocycles. The van der Waals surface area contributed by atoms with Crippen LogP contribution in [0.3, 0.4) is 0 Å². The van der Waals surface area contributed by atoms with Gasteiger partial charge in [-0.1, -0.05) is 0 Å². The fourth-order valence-corrected chi connectivity index (χ4v) is 2.21. The van der Waals surface area contributed by atoms with Crippen molar-refractivity contribution in [2.24, 2.45) is 5.92 Å². The van der Waals surface area contributed by atoms with Crippen molar-refractivity contribution in [3.8, 4) is 0 Å². The number of alkyl halides is 1. The van der Waals surface area contributed by atoms with E-state index in [9.17, 15) is 4.39 Å². The van der Waals surface area contributed by atoms with Gasteiger partial charge in [0.2, 0.25) is 0 Å². The SMILES string of the molecule is FCC1CCCN(c2ccc3nnnn3n2)C1. The lowest BCUT2D eigenvalue weighted by molar-refractivity contribution is 0.315. The molecule has 1 unspecified atom stereocenters. The number of piperidine rings is 1. The maximum Gasteiger partial charge on any atom is 0.200 e. The van der Waals surface area contributed by atoms with E-state index < -0.39 is 0 Å². The van der Waals surface area contributed by atoms with Gasteiger partial charge in [-0.05, 0) is 35.4 Å². The summed E-state index contributed by atoms with van der Waals surface area (Å²) in [6.45, 7) is 1.37. The van der Waals surface area contributed by atoms with E-state index in [0.717, 1.165) is 31.7 Å². The molecule has 90 valence electrons. The summed E-state index contributed by atoms with van der Waals surface area (Å²) in [6.07, 6.45) is 1.96. The van der Waals surface area contributed by atoms with E-state index in [1.165, 1.54) is 4.63 Å². The molecule has 1 aliphatic rings. The second-order valence-electron chi connectivity index (χ2n) is 4.33. The lowest BCUT2D eigenvalue weighted by Crippen LogP contribution is -2.37. The minimum absolute atomic E-state index is 0.120. The molecule has 0 aromatic carbocycles. The summed E-state index contributed by atoms with van der Waals surface area (Å²) >= 11 is 0. The van der Waals surface area contributed by atoms with Gasteiger partial charge in [0.25, 0.3) is 0 Å². The highest BCUT2D eigenvalue weighted by Crippen LogP contribution is 2.21. The highest BCUT2D eigenvalue weighted by Gasteiger charge is 2.21. The Bertz CT molecular complexity index is 512. The van der Waals surface area contributed by atoms with Crippen molar-refractivity contribution < 1.29 is 4.39 Å². The summed E-state index contributed by atoms with van der Waals surface area (Å²) in [4.78, 5) is 2.09. The first-order valence-corrected chi connectivity index (χ1v) is 5.73. The average Bonchev–Trinajstić information content (AvgIpc) is 2.86. The van der Waals surface area contributed by atoms with Crippen molar-refractivity contribution in [2.75, 3.05) is 24.7 Å². The van der Waals surface area contributed by atoms with Crippen LogP contribution >= 0.6 is 0 Å². The highest BCUT2D eigenvalue weighted by molar-refractivity contribution is 5.44. The Balaban J connectivity index is 1.86. The van der Waals surface area contributed by atoms with Crippen molar-refractivity contribution in [2.45, 2.75) is 12.8 Å². The number of fused-ring (bicyclic) bond motifs is 1. The van der Waals surface area contributed by atoms with E-state index in [-0.39, 0.29) is 12.6 Å². The number of hydrogen-bond acceptors (Lipinski definition) is 5. The molecule has 17 heavy (non-hydrogen) atoms. The Morgan fingerprint density at radius 2 is 2.35 bits per heavy atom. The van der Waals surface area contributed by atoms with Crippen LogP contribution in [-0.4, -0.2) is 45.0 Å². The van der Waals surface area contributed by atoms with Gasteiger partial charge < -0.3 is 4.90 Å². The summed E-state index contributed by atoms with van der Waals surface area (Å²) in [5.74, 6) is 0.929. The Morgan fingerprint density at radius 3 is 3.24 bits per heavy atom. The molecule has 0 spiro atoms. The number of anilines is 1. The predicted molar refractivity (Wildman–Crippen MR) is 59.5 cm³/mol. The molecule has 0 saturated carbocycles. The first kappa shape index (κ1) is 10.4. The van der Waals surface area contributed by atoms with E-state index in [1.54, 1.807) is 0 Å².